The minimum atomic E-state index is -4.80. The molecule has 3 aromatic heterocycles. The highest BCUT2D eigenvalue weighted by Crippen LogP contribution is 2.35. The number of aromatic nitrogens is 4. The number of hydrogen-bond acceptors (Lipinski definition) is 8. The maximum Gasteiger partial charge on any atom is 0.573 e. The summed E-state index contributed by atoms with van der Waals surface area (Å²) in [5.74, 6) is 2.51. The fourth-order valence-corrected chi connectivity index (χ4v) is 4.78. The van der Waals surface area contributed by atoms with Gasteiger partial charge >= 0.3 is 6.36 Å². The quantitative estimate of drug-likeness (QED) is 0.522. The summed E-state index contributed by atoms with van der Waals surface area (Å²) in [5, 5.41) is 2.98. The minimum Gasteiger partial charge on any atom is -0.406 e. The third-order valence-corrected chi connectivity index (χ3v) is 6.74. The van der Waals surface area contributed by atoms with Gasteiger partial charge < -0.3 is 19.9 Å². The van der Waals surface area contributed by atoms with Crippen LogP contribution in [0.15, 0.2) is 48.9 Å². The van der Waals surface area contributed by atoms with E-state index in [0.29, 0.717) is 34.9 Å². The average Bonchev–Trinajstić information content (AvgIpc) is 2.83. The number of piperidine rings is 1. The van der Waals surface area contributed by atoms with E-state index in [1.807, 2.05) is 11.0 Å². The third-order valence-electron chi connectivity index (χ3n) is 6.74. The first-order valence-corrected chi connectivity index (χ1v) is 12.0. The summed E-state index contributed by atoms with van der Waals surface area (Å²) in [6.07, 6.45) is 1.73. The minimum absolute atomic E-state index is 0.127. The molecule has 5 heterocycles. The fourth-order valence-electron chi connectivity index (χ4n) is 4.78. The van der Waals surface area contributed by atoms with Gasteiger partial charge in [-0.15, -0.1) is 13.2 Å². The van der Waals surface area contributed by atoms with Gasteiger partial charge in [0.05, 0.1) is 0 Å². The van der Waals surface area contributed by atoms with Gasteiger partial charge in [-0.25, -0.2) is 15.0 Å². The molecule has 37 heavy (non-hydrogen) atoms. The summed E-state index contributed by atoms with van der Waals surface area (Å²) in [7, 11) is 0. The van der Waals surface area contributed by atoms with Crippen LogP contribution in [0.25, 0.3) is 11.4 Å². The Labute approximate surface area is 211 Å². The standard InChI is InChI=1S/C25H26F3N7O2/c1-16(36)34-9-5-17(6-10-34)19-14-35(15-19)23-12-22(32-24(33-23)18-3-2-7-29-13-18)31-21-11-20(4-8-30-21)37-25(26,27)28/h2-4,7-8,11-13,17,19H,5-6,9-10,14-15H2,1H3,(H,30,31,32,33). The smallest absolute Gasteiger partial charge is 0.406 e. The Bertz CT molecular complexity index is 1240. The van der Waals surface area contributed by atoms with E-state index in [9.17, 15) is 18.0 Å². The molecule has 2 fully saturated rings. The van der Waals surface area contributed by atoms with E-state index in [0.717, 1.165) is 51.2 Å². The van der Waals surface area contributed by atoms with Crippen LogP contribution in [0.4, 0.5) is 30.6 Å². The van der Waals surface area contributed by atoms with Crippen molar-refractivity contribution in [2.24, 2.45) is 11.8 Å². The molecule has 2 saturated heterocycles. The van der Waals surface area contributed by atoms with Crippen LogP contribution in [0.1, 0.15) is 19.8 Å². The zero-order valence-electron chi connectivity index (χ0n) is 20.1. The van der Waals surface area contributed by atoms with Crippen LogP contribution in [-0.4, -0.2) is 63.3 Å². The lowest BCUT2D eigenvalue weighted by Crippen LogP contribution is -2.52. The molecule has 0 aromatic carbocycles. The van der Waals surface area contributed by atoms with Crippen molar-refractivity contribution in [2.75, 3.05) is 36.4 Å². The number of carbonyl (C=O) groups excluding carboxylic acids is 1. The van der Waals surface area contributed by atoms with Gasteiger partial charge in [0.15, 0.2) is 5.82 Å². The van der Waals surface area contributed by atoms with Gasteiger partial charge in [-0.2, -0.15) is 0 Å². The molecule has 0 aliphatic carbocycles. The highest BCUT2D eigenvalue weighted by atomic mass is 19.4. The first-order valence-electron chi connectivity index (χ1n) is 12.0. The van der Waals surface area contributed by atoms with E-state index in [2.05, 4.69) is 29.9 Å². The molecule has 0 radical (unpaired) electrons. The molecule has 0 bridgehead atoms. The number of nitrogens with zero attached hydrogens (tertiary/aromatic N) is 6. The Hall–Kier alpha value is -3.96. The van der Waals surface area contributed by atoms with E-state index in [1.165, 1.54) is 6.20 Å². The first kappa shape index (κ1) is 24.7. The van der Waals surface area contributed by atoms with E-state index in [-0.39, 0.29) is 17.5 Å². The molecule has 0 saturated carbocycles. The normalized spacial score (nSPS) is 16.9. The molecular weight excluding hydrogens is 487 g/mol. The molecule has 0 spiro atoms. The summed E-state index contributed by atoms with van der Waals surface area (Å²) in [4.78, 5) is 33.2. The number of alkyl halides is 3. The lowest BCUT2D eigenvalue weighted by molar-refractivity contribution is -0.274. The molecule has 3 aromatic rings. The van der Waals surface area contributed by atoms with Crippen molar-refractivity contribution in [3.63, 3.8) is 0 Å². The SMILES string of the molecule is CC(=O)N1CCC(C2CN(c3cc(Nc4cc(OC(F)(F)F)ccn4)nc(-c4cccnc4)n3)C2)CC1. The largest absolute Gasteiger partial charge is 0.573 e. The van der Waals surface area contributed by atoms with E-state index < -0.39 is 6.36 Å². The molecule has 2 aliphatic rings. The lowest BCUT2D eigenvalue weighted by atomic mass is 9.79. The first-order chi connectivity index (χ1) is 17.7. The lowest BCUT2D eigenvalue weighted by Gasteiger charge is -2.46. The Morgan fingerprint density at radius 3 is 2.51 bits per heavy atom. The number of ether oxygens (including phenoxy) is 1. The van der Waals surface area contributed by atoms with E-state index in [1.54, 1.807) is 31.5 Å². The second-order valence-corrected chi connectivity index (χ2v) is 9.23. The van der Waals surface area contributed by atoms with Crippen molar-refractivity contribution in [1.29, 1.82) is 0 Å². The monoisotopic (exact) mass is 513 g/mol. The zero-order valence-corrected chi connectivity index (χ0v) is 20.1. The van der Waals surface area contributed by atoms with E-state index in [4.69, 9.17) is 4.98 Å². The highest BCUT2D eigenvalue weighted by molar-refractivity contribution is 5.73. The fraction of sp³-hybridized carbons (Fsp3) is 0.400. The number of nitrogens with one attached hydrogen (secondary N) is 1. The number of hydrogen-bond donors (Lipinski definition) is 1. The average molecular weight is 514 g/mol. The summed E-state index contributed by atoms with van der Waals surface area (Å²) in [5.41, 5.74) is 0.711. The molecule has 1 amide bonds. The maximum absolute atomic E-state index is 12.6. The second kappa shape index (κ2) is 10.2. The van der Waals surface area contributed by atoms with Gasteiger partial charge in [0.1, 0.15) is 23.2 Å². The molecule has 5 rings (SSSR count). The molecule has 194 valence electrons. The van der Waals surface area contributed by atoms with Crippen molar-refractivity contribution >= 4 is 23.4 Å². The molecule has 12 heteroatoms. The van der Waals surface area contributed by atoms with Crippen LogP contribution in [0.3, 0.4) is 0 Å². The zero-order chi connectivity index (χ0) is 26.0. The summed E-state index contributed by atoms with van der Waals surface area (Å²) in [6, 6.07) is 7.67. The van der Waals surface area contributed by atoms with Crippen molar-refractivity contribution in [3.05, 3.63) is 48.9 Å². The Morgan fingerprint density at radius 1 is 1.05 bits per heavy atom. The van der Waals surface area contributed by atoms with Gasteiger partial charge in [-0.3, -0.25) is 9.78 Å². The summed E-state index contributed by atoms with van der Waals surface area (Å²) < 4.78 is 41.9. The maximum atomic E-state index is 12.6. The number of pyridine rings is 2. The highest BCUT2D eigenvalue weighted by Gasteiger charge is 2.36. The predicted molar refractivity (Wildman–Crippen MR) is 130 cm³/mol. The van der Waals surface area contributed by atoms with Gasteiger partial charge in [0, 0.05) is 69.4 Å². The van der Waals surface area contributed by atoms with Crippen LogP contribution in [-0.2, 0) is 4.79 Å². The van der Waals surface area contributed by atoms with Crippen LogP contribution in [0, 0.1) is 11.8 Å². The Kier molecular flexibility index (Phi) is 6.81. The molecular formula is C25H26F3N7O2. The Morgan fingerprint density at radius 2 is 1.84 bits per heavy atom. The van der Waals surface area contributed by atoms with Crippen LogP contribution < -0.4 is 15.0 Å². The van der Waals surface area contributed by atoms with Crippen molar-refractivity contribution in [3.8, 4) is 17.1 Å². The van der Waals surface area contributed by atoms with Crippen molar-refractivity contribution in [2.45, 2.75) is 26.1 Å². The summed E-state index contributed by atoms with van der Waals surface area (Å²) >= 11 is 0. The molecule has 9 nitrogen and oxygen atoms in total. The molecule has 2 aliphatic heterocycles. The molecule has 0 atom stereocenters. The predicted octanol–water partition coefficient (Wildman–Crippen LogP) is 4.27. The molecule has 1 N–H and O–H groups in total. The van der Waals surface area contributed by atoms with E-state index >= 15 is 0 Å². The van der Waals surface area contributed by atoms with Gasteiger partial charge in [0.2, 0.25) is 5.91 Å². The number of carbonyl (C=O) groups is 1. The topological polar surface area (TPSA) is 96.4 Å². The van der Waals surface area contributed by atoms with Gasteiger partial charge in [-0.1, -0.05) is 0 Å². The summed E-state index contributed by atoms with van der Waals surface area (Å²) in [6.45, 7) is 4.88. The van der Waals surface area contributed by atoms with Crippen LogP contribution >= 0.6 is 0 Å². The van der Waals surface area contributed by atoms with Crippen LogP contribution in [0.5, 0.6) is 5.75 Å². The van der Waals surface area contributed by atoms with Crippen molar-refractivity contribution in [1.82, 2.24) is 24.8 Å². The number of rotatable bonds is 6. The Balaban J connectivity index is 1.33. The number of anilines is 3. The van der Waals surface area contributed by atoms with Gasteiger partial charge in [0.25, 0.3) is 0 Å². The van der Waals surface area contributed by atoms with Crippen molar-refractivity contribution < 1.29 is 22.7 Å². The van der Waals surface area contributed by atoms with Gasteiger partial charge in [-0.05, 0) is 42.9 Å². The third kappa shape index (κ3) is 6.07. The number of amides is 1. The molecule has 0 unspecified atom stereocenters. The number of halogens is 3. The van der Waals surface area contributed by atoms with Crippen LogP contribution in [0.2, 0.25) is 0 Å². The second-order valence-electron chi connectivity index (χ2n) is 9.23. The number of likely N-dealkylation sites (tertiary alicyclic amines) is 1.